The van der Waals surface area contributed by atoms with Crippen molar-refractivity contribution in [2.75, 3.05) is 0 Å². The van der Waals surface area contributed by atoms with Crippen molar-refractivity contribution >= 4 is 75.4 Å². The summed E-state index contributed by atoms with van der Waals surface area (Å²) in [4.78, 5) is 0. The van der Waals surface area contributed by atoms with Crippen molar-refractivity contribution in [2.24, 2.45) is 0 Å². The fourth-order valence-electron chi connectivity index (χ4n) is 23.8. The molecule has 0 aromatic heterocycles. The van der Waals surface area contributed by atoms with Gasteiger partial charge in [-0.15, -0.1) is 0 Å². The minimum absolute atomic E-state index is 0.258. The Morgan fingerprint density at radius 2 is 0.336 bits per heavy atom. The Hall–Kier alpha value is -17.7. The minimum atomic E-state index is -0.535. The van der Waals surface area contributed by atoms with Crippen molar-refractivity contribution in [2.45, 2.75) is 49.4 Å². The Balaban J connectivity index is 0.000000101. The minimum Gasteiger partial charge on any atom is -0.508 e. The van der Waals surface area contributed by atoms with Crippen LogP contribution in [0, 0.1) is 27.7 Å². The summed E-state index contributed by atoms with van der Waals surface area (Å²) >= 11 is 0. The molecule has 0 radical (unpaired) electrons. The smallest absolute Gasteiger partial charge is 0.123 e. The molecule has 0 heterocycles. The molecule has 0 bridgehead atoms. The van der Waals surface area contributed by atoms with E-state index in [-0.39, 0.29) is 46.0 Å². The Morgan fingerprint density at radius 1 is 0.136 bits per heavy atom. The van der Waals surface area contributed by atoms with Crippen LogP contribution in [0.25, 0.3) is 120 Å². The van der Waals surface area contributed by atoms with E-state index in [1.54, 1.807) is 60.7 Å². The van der Waals surface area contributed by atoms with E-state index in [4.69, 9.17) is 0 Å². The summed E-state index contributed by atoms with van der Waals surface area (Å²) in [5, 5.41) is 95.2. The first-order valence-electron chi connectivity index (χ1n) is 47.5. The van der Waals surface area contributed by atoms with Gasteiger partial charge in [-0.05, 0) is 353 Å². The van der Waals surface area contributed by atoms with Gasteiger partial charge in [0.2, 0.25) is 0 Å². The molecule has 0 spiro atoms. The van der Waals surface area contributed by atoms with Crippen LogP contribution in [-0.4, -0.2) is 40.9 Å². The first-order chi connectivity index (χ1) is 68.2. The lowest BCUT2D eigenvalue weighted by molar-refractivity contribution is 0.474. The summed E-state index contributed by atoms with van der Waals surface area (Å²) in [7, 11) is 0. The number of phenolic OH excluding ortho intramolecular Hbond substituents is 8. The summed E-state index contributed by atoms with van der Waals surface area (Å²) in [6.45, 7) is 8.58. The number of hydrogen-bond acceptors (Lipinski definition) is 8. The zero-order valence-corrected chi connectivity index (χ0v) is 77.3. The van der Waals surface area contributed by atoms with Crippen molar-refractivity contribution in [1.29, 1.82) is 0 Å². The summed E-state index contributed by atoms with van der Waals surface area (Å²) < 4.78 is 0. The van der Waals surface area contributed by atoms with Gasteiger partial charge in [0.1, 0.15) is 46.0 Å². The largest absolute Gasteiger partial charge is 0.508 e. The molecule has 0 saturated heterocycles. The van der Waals surface area contributed by atoms with Crippen LogP contribution in [0.2, 0.25) is 0 Å². The number of fused-ring (bicyclic) bond motifs is 19. The summed E-state index contributed by atoms with van der Waals surface area (Å²) in [5.41, 5.74) is 32.3. The van der Waals surface area contributed by atoms with Gasteiger partial charge in [0.05, 0.1) is 21.7 Å². The van der Waals surface area contributed by atoms with Gasteiger partial charge in [0.15, 0.2) is 0 Å². The fourth-order valence-corrected chi connectivity index (χ4v) is 23.8. The molecule has 140 heavy (non-hydrogen) atoms. The summed E-state index contributed by atoms with van der Waals surface area (Å²) in [5.74, 6) is 2.20. The first-order valence-corrected chi connectivity index (χ1v) is 47.5. The van der Waals surface area contributed by atoms with Crippen LogP contribution in [0.5, 0.6) is 46.0 Å². The molecule has 23 aromatic rings. The SMILES string of the molecule is Cc1ccc2c(c1)-c1cc(C)ccc1C2(c1ccc(O)cc1)c1ccc2cc(O)ccc2c1.Cc1ccc2c(c1)-c1cc(C)ccc1C2(c1ccc2cc(O)ccc2c1)c1ccc2cc(O)ccc2c1.Oc1ccc2cc(C3(c4ccc5cc(O)ccc5c4)c4ccccc4-c4ccccc43)ccc2c1.Oc1cccc2cc(C3(c4ccc5c(O)cccc5c4)c4ccccc4-c4ccccc43)ccc12. The van der Waals surface area contributed by atoms with E-state index in [1.165, 1.54) is 139 Å². The Bertz CT molecular complexity index is 8620. The zero-order valence-electron chi connectivity index (χ0n) is 77.3. The molecule has 0 aliphatic heterocycles. The molecule has 8 nitrogen and oxygen atoms in total. The lowest BCUT2D eigenvalue weighted by Crippen LogP contribution is -2.28. The molecule has 0 amide bonds. The van der Waals surface area contributed by atoms with Gasteiger partial charge < -0.3 is 40.9 Å². The zero-order chi connectivity index (χ0) is 95.2. The monoisotopic (exact) mass is 1810 g/mol. The standard InChI is InChI=1S/C35H26O2.2C33H22O2.C31H24O2/c1-21-3-13-33-31(15-21)32-16-22(2)4-14-34(32)35(33,27-9-5-25-19-29(36)11-7-23(25)17-27)28-10-6-26-20-30(37)12-8-24(26)18-28;34-31-13-5-7-21-19-23(15-17-25(21)31)33(24-16-18-26-22(20-24)8-6-14-32(26)35)29-11-3-1-9-27(29)28-10-2-4-12-30(28)33;34-27-15-11-21-17-25(13-9-23(21)19-27)33(26-14-10-24-20-28(35)16-12-22(24)18-26)31-7-3-1-5-29(31)30-6-2-4-8-32(30)33;1-19-3-13-29-27(15-19)28-16-20(2)4-14-30(28)31(29,23-8-11-25(32)12-9-23)24-7-5-22-18-26(33)10-6-21(22)17-24/h3-20,36-37H,1-2H3;2*1-20,34-35H;3-18,32-33H,1-2H3. The highest BCUT2D eigenvalue weighted by molar-refractivity contribution is 6.00. The second-order valence-electron chi connectivity index (χ2n) is 38.1. The second kappa shape index (κ2) is 33.1. The highest BCUT2D eigenvalue weighted by Crippen LogP contribution is 2.63. The highest BCUT2D eigenvalue weighted by Gasteiger charge is 2.51. The molecule has 23 aromatic carbocycles. The first kappa shape index (κ1) is 85.2. The molecule has 670 valence electrons. The van der Waals surface area contributed by atoms with Gasteiger partial charge in [0, 0.05) is 10.8 Å². The van der Waals surface area contributed by atoms with E-state index >= 15 is 0 Å². The van der Waals surface area contributed by atoms with Crippen molar-refractivity contribution < 1.29 is 40.9 Å². The Morgan fingerprint density at radius 3 is 0.600 bits per heavy atom. The number of aromatic hydroxyl groups is 8. The van der Waals surface area contributed by atoms with E-state index in [9.17, 15) is 40.9 Å². The maximum absolute atomic E-state index is 10.4. The van der Waals surface area contributed by atoms with Gasteiger partial charge >= 0.3 is 0 Å². The average molecular weight is 1810 g/mol. The van der Waals surface area contributed by atoms with Gasteiger partial charge in [-0.1, -0.05) is 344 Å². The second-order valence-corrected chi connectivity index (χ2v) is 38.1. The van der Waals surface area contributed by atoms with Crippen LogP contribution in [-0.2, 0) is 21.7 Å². The van der Waals surface area contributed by atoms with E-state index in [0.717, 1.165) is 92.1 Å². The number of benzene rings is 23. The Labute approximate surface area is 810 Å². The lowest BCUT2D eigenvalue weighted by Gasteiger charge is -2.34. The third-order valence-electron chi connectivity index (χ3n) is 30.0. The molecule has 0 unspecified atom stereocenters. The van der Waals surface area contributed by atoms with Gasteiger partial charge in [-0.25, -0.2) is 0 Å². The van der Waals surface area contributed by atoms with E-state index in [1.807, 2.05) is 91.0 Å². The molecule has 8 N–H and O–H groups in total. The number of phenols is 8. The van der Waals surface area contributed by atoms with Crippen LogP contribution in [0.1, 0.15) is 111 Å². The van der Waals surface area contributed by atoms with E-state index in [0.29, 0.717) is 0 Å². The van der Waals surface area contributed by atoms with Crippen molar-refractivity contribution in [3.63, 3.8) is 0 Å². The van der Waals surface area contributed by atoms with E-state index in [2.05, 4.69) is 325 Å². The number of rotatable bonds is 8. The predicted octanol–water partition coefficient (Wildman–Crippen LogP) is 31.1. The molecule has 4 aliphatic carbocycles. The maximum Gasteiger partial charge on any atom is 0.123 e. The van der Waals surface area contributed by atoms with Crippen molar-refractivity contribution in [3.05, 3.63) is 560 Å². The van der Waals surface area contributed by atoms with Crippen LogP contribution in [0.3, 0.4) is 0 Å². The fraction of sp³-hybridized carbons (Fsp3) is 0.0606. The lowest BCUT2D eigenvalue weighted by atomic mass is 9.67. The third-order valence-corrected chi connectivity index (χ3v) is 30.0. The van der Waals surface area contributed by atoms with Gasteiger partial charge in [0.25, 0.3) is 0 Å². The topological polar surface area (TPSA) is 162 Å². The van der Waals surface area contributed by atoms with Gasteiger partial charge in [-0.2, -0.15) is 0 Å². The predicted molar refractivity (Wildman–Crippen MR) is 570 cm³/mol. The Kier molecular flexibility index (Phi) is 20.1. The number of aryl methyl sites for hydroxylation is 4. The molecule has 27 rings (SSSR count). The summed E-state index contributed by atoms with van der Waals surface area (Å²) in [6.07, 6.45) is 0. The summed E-state index contributed by atoms with van der Waals surface area (Å²) in [6, 6.07) is 154. The highest BCUT2D eigenvalue weighted by atomic mass is 16.3. The van der Waals surface area contributed by atoms with E-state index < -0.39 is 21.7 Å². The molecule has 0 fully saturated rings. The molecular weight excluding hydrogens is 1710 g/mol. The third kappa shape index (κ3) is 13.5. The van der Waals surface area contributed by atoms with Crippen molar-refractivity contribution in [3.8, 4) is 90.5 Å². The molecule has 0 saturated carbocycles. The van der Waals surface area contributed by atoms with Crippen molar-refractivity contribution in [1.82, 2.24) is 0 Å². The quantitative estimate of drug-likeness (QED) is 0.0746. The number of hydrogen-bond donors (Lipinski definition) is 8. The maximum atomic E-state index is 10.4. The molecular formula is C132H94O8. The molecule has 0 atom stereocenters. The van der Waals surface area contributed by atoms with Crippen LogP contribution in [0.4, 0.5) is 0 Å². The average Bonchev–Trinajstić information content (AvgIpc) is 1.56. The van der Waals surface area contributed by atoms with Crippen LogP contribution >= 0.6 is 0 Å². The molecule has 8 heteroatoms. The molecule has 4 aliphatic rings. The van der Waals surface area contributed by atoms with Crippen LogP contribution in [0.15, 0.2) is 449 Å². The normalized spacial score (nSPS) is 13.6. The van der Waals surface area contributed by atoms with Gasteiger partial charge in [-0.3, -0.25) is 0 Å². The van der Waals surface area contributed by atoms with Crippen LogP contribution < -0.4 is 0 Å².